The maximum Gasteiger partial charge on any atom is 3.00 e. The van der Waals surface area contributed by atoms with Gasteiger partial charge in [0, 0.05) is 0 Å². The van der Waals surface area contributed by atoms with Crippen molar-refractivity contribution in [3.05, 3.63) is 188 Å². The quantitative estimate of drug-likeness (QED) is 0.323. The van der Waals surface area contributed by atoms with E-state index in [1.165, 1.54) is 24.3 Å². The van der Waals surface area contributed by atoms with Gasteiger partial charge in [-0.2, -0.15) is 0 Å². The van der Waals surface area contributed by atoms with E-state index in [4.69, 9.17) is 0 Å². The zero-order valence-corrected chi connectivity index (χ0v) is 30.9. The molecule has 4 N–H and O–H groups in total. The van der Waals surface area contributed by atoms with Gasteiger partial charge in [0.05, 0.1) is 9.79 Å². The summed E-state index contributed by atoms with van der Waals surface area (Å²) in [6.07, 6.45) is 40.0. The topological polar surface area (TPSA) is 177 Å². The summed E-state index contributed by atoms with van der Waals surface area (Å²) in [6, 6.07) is 11.6. The Morgan fingerprint density at radius 2 is 0.478 bits per heavy atom. The summed E-state index contributed by atoms with van der Waals surface area (Å²) in [5.74, 6) is 0. The maximum atomic E-state index is 10.4. The van der Waals surface area contributed by atoms with Gasteiger partial charge in [0.2, 0.25) is 0 Å². The van der Waals surface area contributed by atoms with Crippen LogP contribution in [0.3, 0.4) is 0 Å². The van der Waals surface area contributed by atoms with Crippen molar-refractivity contribution < 1.29 is 79.0 Å². The molecule has 0 aromatic heterocycles. The predicted molar refractivity (Wildman–Crippen MR) is 172 cm³/mol. The minimum atomic E-state index is -4.27. The Bertz CT molecular complexity index is 999. The van der Waals surface area contributed by atoms with Crippen molar-refractivity contribution in [2.75, 3.05) is 0 Å². The monoisotopic (exact) mass is 834 g/mol. The van der Waals surface area contributed by atoms with Gasteiger partial charge in [-0.25, -0.2) is 16.8 Å². The average Bonchev–Trinajstić information content (AvgIpc) is 3.79. The second-order valence-electron chi connectivity index (χ2n) is 8.38. The molecule has 22 radical (unpaired) electrons. The molecule has 0 unspecified atom stereocenters. The normalized spacial score (nSPS) is 15.9. The van der Waals surface area contributed by atoms with Gasteiger partial charge in [-0.1, -0.05) is 35.4 Å². The van der Waals surface area contributed by atoms with E-state index in [1.807, 2.05) is 142 Å². The Morgan fingerprint density at radius 1 is 0.348 bits per heavy atom. The third-order valence-corrected chi connectivity index (χ3v) is 6.54. The van der Waals surface area contributed by atoms with Crippen LogP contribution >= 0.6 is 0 Å². The minimum Gasteiger partial charge on any atom is -0.744 e. The van der Waals surface area contributed by atoms with Gasteiger partial charge in [-0.05, 0) is 167 Å². The van der Waals surface area contributed by atoms with Gasteiger partial charge in [0.15, 0.2) is 0 Å². The summed E-state index contributed by atoms with van der Waals surface area (Å²) in [5, 5.41) is 0. The van der Waals surface area contributed by atoms with Crippen molar-refractivity contribution in [1.29, 1.82) is 0 Å². The molecule has 4 aliphatic carbocycles. The van der Waals surface area contributed by atoms with Gasteiger partial charge in [0.1, 0.15) is 20.2 Å². The Hall–Kier alpha value is -0.443. The summed E-state index contributed by atoms with van der Waals surface area (Å²) in [5.41, 5.74) is 1.86. The summed E-state index contributed by atoms with van der Waals surface area (Å²) >= 11 is 0. The molecule has 8 nitrogen and oxygen atoms in total. The molecule has 0 amide bonds. The zero-order valence-electron chi connectivity index (χ0n) is 25.2. The summed E-state index contributed by atoms with van der Waals surface area (Å²) < 4.78 is 62.3. The molecule has 6 rings (SSSR count). The smallest absolute Gasteiger partial charge is 0.744 e. The Balaban J connectivity index is -0.000000234. The van der Waals surface area contributed by atoms with Crippen molar-refractivity contribution in [2.24, 2.45) is 0 Å². The first kappa shape index (κ1) is 52.4. The predicted octanol–water partition coefficient (Wildman–Crippen LogP) is 4.23. The molecular weight excluding hydrogens is 792 g/mol. The average molecular weight is 831 g/mol. The molecule has 4 fully saturated rings. The van der Waals surface area contributed by atoms with E-state index in [0.29, 0.717) is 0 Å². The Morgan fingerprint density at radius 3 is 0.587 bits per heavy atom. The molecule has 0 heterocycles. The van der Waals surface area contributed by atoms with Crippen LogP contribution in [0, 0.1) is 142 Å². The van der Waals surface area contributed by atoms with Crippen LogP contribution in [-0.4, -0.2) is 36.9 Å². The van der Waals surface area contributed by atoms with Crippen molar-refractivity contribution in [3.63, 3.8) is 0 Å². The molecule has 0 atom stereocenters. The van der Waals surface area contributed by atoms with Crippen LogP contribution in [0.15, 0.2) is 58.3 Å². The molecule has 12 heteroatoms. The van der Waals surface area contributed by atoms with Crippen LogP contribution in [0.5, 0.6) is 0 Å². The van der Waals surface area contributed by atoms with Crippen LogP contribution in [-0.2, 0) is 62.4 Å². The van der Waals surface area contributed by atoms with Crippen LogP contribution < -0.4 is 0 Å². The number of hydrogen-bond acceptors (Lipinski definition) is 6. The van der Waals surface area contributed by atoms with Crippen molar-refractivity contribution >= 4 is 20.2 Å². The summed E-state index contributed by atoms with van der Waals surface area (Å²) in [7, 11) is -8.54. The number of hydrogen-bond donors (Lipinski definition) is 0. The SMILES string of the molecule is Cc1ccc(S(=O)(=O)[O-])cc1.Cc1ccc(S(=O)(=O)[O-])cc1.O.O.[CH]1[CH][CH][CH][CH]1.[CH]1[CH][CH][CH][CH]1.[CH]1[CH][CH][CH][CH]1.[CH]1[CH][CH][CH][CH]1.[Mo+3].[Mo+3]. The second kappa shape index (κ2) is 31.8. The largest absolute Gasteiger partial charge is 3.00 e. The first-order chi connectivity index (χ1) is 20.0. The van der Waals surface area contributed by atoms with E-state index in [2.05, 4.69) is 0 Å². The Kier molecular flexibility index (Phi) is 36.2. The molecular formula is C34H38Mo2O8S2+4. The second-order valence-corrected chi connectivity index (χ2v) is 11.1. The van der Waals surface area contributed by atoms with Crippen molar-refractivity contribution in [3.8, 4) is 0 Å². The van der Waals surface area contributed by atoms with Crippen LogP contribution in [0.25, 0.3) is 0 Å². The number of aryl methyl sites for hydroxylation is 2. The van der Waals surface area contributed by atoms with Crippen LogP contribution in [0.1, 0.15) is 11.1 Å². The van der Waals surface area contributed by atoms with Crippen LogP contribution in [0.4, 0.5) is 0 Å². The minimum absolute atomic E-state index is 0. The van der Waals surface area contributed by atoms with Crippen LogP contribution in [0.2, 0.25) is 0 Å². The van der Waals surface area contributed by atoms with Gasteiger partial charge < -0.3 is 20.1 Å². The molecule has 0 spiro atoms. The third-order valence-electron chi connectivity index (χ3n) is 4.84. The molecule has 0 aliphatic heterocycles. The molecule has 4 aliphatic rings. The summed E-state index contributed by atoms with van der Waals surface area (Å²) in [4.78, 5) is -0.355. The molecule has 242 valence electrons. The molecule has 0 saturated heterocycles. The maximum absolute atomic E-state index is 10.4. The van der Waals surface area contributed by atoms with E-state index in [-0.39, 0.29) is 62.9 Å². The van der Waals surface area contributed by atoms with Gasteiger partial charge in [-0.15, -0.1) is 0 Å². The molecule has 46 heavy (non-hydrogen) atoms. The molecule has 0 bridgehead atoms. The molecule has 2 aromatic rings. The van der Waals surface area contributed by atoms with E-state index in [0.717, 1.165) is 11.1 Å². The summed E-state index contributed by atoms with van der Waals surface area (Å²) in [6.45, 7) is 3.64. The van der Waals surface area contributed by atoms with Crippen molar-refractivity contribution in [1.82, 2.24) is 0 Å². The number of benzene rings is 2. The first-order valence-electron chi connectivity index (χ1n) is 12.7. The van der Waals surface area contributed by atoms with E-state index >= 15 is 0 Å². The third kappa shape index (κ3) is 29.7. The fourth-order valence-corrected chi connectivity index (χ4v) is 3.63. The first-order valence-corrected chi connectivity index (χ1v) is 15.5. The molecule has 2 aromatic carbocycles. The fraction of sp³-hybridized carbons (Fsp3) is 0.0588. The fourth-order valence-electron chi connectivity index (χ4n) is 2.69. The Labute approximate surface area is 309 Å². The van der Waals surface area contributed by atoms with Gasteiger partial charge >= 0.3 is 42.1 Å². The van der Waals surface area contributed by atoms with E-state index in [1.54, 1.807) is 24.3 Å². The van der Waals surface area contributed by atoms with Crippen molar-refractivity contribution in [2.45, 2.75) is 23.6 Å². The standard InChI is InChI=1S/2C7H8O3S.4C5H5.2Mo.2H2O/c2*1-6-2-4-7(5-3-6)11(8,9)10;4*1-2-4-5-3-1;;;;/h2*2-5H,1H3,(H,8,9,10);4*1-5H;;;2*1H2/q;;;;;;2*+3;;/p-2. The van der Waals surface area contributed by atoms with E-state index in [9.17, 15) is 25.9 Å². The molecule has 4 saturated carbocycles. The number of rotatable bonds is 2. The van der Waals surface area contributed by atoms with Gasteiger partial charge in [0.25, 0.3) is 0 Å². The zero-order chi connectivity index (χ0) is 31.1. The van der Waals surface area contributed by atoms with E-state index < -0.39 is 20.2 Å². The van der Waals surface area contributed by atoms with Gasteiger partial charge in [-0.3, -0.25) is 0 Å².